The highest BCUT2D eigenvalue weighted by molar-refractivity contribution is 5.33. The standard InChI is InChI=1S/C14H17N3O3/c1-20-8-7-17-13(18)9-12(16-14(17)19)15-10-11-5-3-2-4-6-11/h2-6,9,15H,7-8,10H2,1H3,(H,16,19). The molecule has 2 N–H and O–H groups in total. The summed E-state index contributed by atoms with van der Waals surface area (Å²) < 4.78 is 5.97. The summed E-state index contributed by atoms with van der Waals surface area (Å²) in [5, 5.41) is 3.03. The summed E-state index contributed by atoms with van der Waals surface area (Å²) in [6.45, 7) is 1.10. The Kier molecular flexibility index (Phi) is 4.73. The third-order valence-electron chi connectivity index (χ3n) is 2.87. The van der Waals surface area contributed by atoms with Crippen LogP contribution in [0.25, 0.3) is 0 Å². The van der Waals surface area contributed by atoms with Gasteiger partial charge in [0.15, 0.2) is 0 Å². The van der Waals surface area contributed by atoms with Gasteiger partial charge in [-0.05, 0) is 5.56 Å². The fraction of sp³-hybridized carbons (Fsp3) is 0.286. The van der Waals surface area contributed by atoms with Crippen LogP contribution in [0, 0.1) is 0 Å². The van der Waals surface area contributed by atoms with Crippen molar-refractivity contribution in [3.8, 4) is 0 Å². The zero-order valence-electron chi connectivity index (χ0n) is 11.3. The molecular formula is C14H17N3O3. The van der Waals surface area contributed by atoms with Gasteiger partial charge >= 0.3 is 5.69 Å². The van der Waals surface area contributed by atoms with Gasteiger partial charge in [-0.2, -0.15) is 0 Å². The number of hydrogen-bond acceptors (Lipinski definition) is 4. The van der Waals surface area contributed by atoms with Gasteiger partial charge in [0.25, 0.3) is 5.56 Å². The van der Waals surface area contributed by atoms with E-state index in [1.54, 1.807) is 0 Å². The second-order valence-corrected chi connectivity index (χ2v) is 4.31. The van der Waals surface area contributed by atoms with Crippen molar-refractivity contribution in [2.75, 3.05) is 19.0 Å². The lowest BCUT2D eigenvalue weighted by Crippen LogP contribution is -2.36. The summed E-state index contributed by atoms with van der Waals surface area (Å²) in [6.07, 6.45) is 0. The van der Waals surface area contributed by atoms with Crippen LogP contribution in [0.2, 0.25) is 0 Å². The van der Waals surface area contributed by atoms with Crippen LogP contribution in [-0.4, -0.2) is 23.3 Å². The second kappa shape index (κ2) is 6.72. The number of hydrogen-bond donors (Lipinski definition) is 2. The van der Waals surface area contributed by atoms with E-state index in [9.17, 15) is 9.59 Å². The van der Waals surface area contributed by atoms with Gasteiger partial charge in [-0.1, -0.05) is 30.3 Å². The minimum absolute atomic E-state index is 0.240. The van der Waals surface area contributed by atoms with E-state index in [4.69, 9.17) is 4.74 Å². The van der Waals surface area contributed by atoms with Crippen molar-refractivity contribution in [2.24, 2.45) is 0 Å². The van der Waals surface area contributed by atoms with Crippen LogP contribution in [0.5, 0.6) is 0 Å². The molecule has 20 heavy (non-hydrogen) atoms. The van der Waals surface area contributed by atoms with E-state index in [0.29, 0.717) is 19.0 Å². The van der Waals surface area contributed by atoms with Crippen LogP contribution in [0.15, 0.2) is 46.0 Å². The predicted octanol–water partition coefficient (Wildman–Crippen LogP) is 0.795. The third kappa shape index (κ3) is 3.58. The number of ether oxygens (including phenoxy) is 1. The van der Waals surface area contributed by atoms with E-state index in [2.05, 4.69) is 10.3 Å². The van der Waals surface area contributed by atoms with Gasteiger partial charge in [-0.3, -0.25) is 14.3 Å². The highest BCUT2D eigenvalue weighted by Gasteiger charge is 2.03. The summed E-state index contributed by atoms with van der Waals surface area (Å²) >= 11 is 0. The first-order valence-corrected chi connectivity index (χ1v) is 6.31. The number of rotatable bonds is 6. The van der Waals surface area contributed by atoms with Crippen LogP contribution in [0.1, 0.15) is 5.56 Å². The van der Waals surface area contributed by atoms with Crippen molar-refractivity contribution >= 4 is 5.82 Å². The van der Waals surface area contributed by atoms with E-state index in [-0.39, 0.29) is 12.1 Å². The molecule has 0 fully saturated rings. The molecule has 0 aliphatic rings. The van der Waals surface area contributed by atoms with Gasteiger partial charge in [0.2, 0.25) is 0 Å². The number of methoxy groups -OCH3 is 1. The van der Waals surface area contributed by atoms with Crippen molar-refractivity contribution < 1.29 is 4.74 Å². The Bertz CT molecular complexity index is 630. The first-order chi connectivity index (χ1) is 9.70. The molecule has 0 radical (unpaired) electrons. The molecule has 0 spiro atoms. The predicted molar refractivity (Wildman–Crippen MR) is 77.0 cm³/mol. The number of aromatic nitrogens is 2. The number of benzene rings is 1. The van der Waals surface area contributed by atoms with E-state index >= 15 is 0 Å². The molecule has 2 rings (SSSR count). The monoisotopic (exact) mass is 275 g/mol. The molecule has 6 heteroatoms. The Morgan fingerprint density at radius 1 is 1.25 bits per heavy atom. The fourth-order valence-corrected chi connectivity index (χ4v) is 1.80. The lowest BCUT2D eigenvalue weighted by atomic mass is 10.2. The highest BCUT2D eigenvalue weighted by atomic mass is 16.5. The molecule has 0 aliphatic heterocycles. The van der Waals surface area contributed by atoms with E-state index in [1.807, 2.05) is 30.3 Å². The van der Waals surface area contributed by atoms with Crippen molar-refractivity contribution in [2.45, 2.75) is 13.1 Å². The molecule has 0 atom stereocenters. The van der Waals surface area contributed by atoms with Gasteiger partial charge in [-0.25, -0.2) is 4.79 Å². The van der Waals surface area contributed by atoms with E-state index < -0.39 is 5.69 Å². The molecule has 0 amide bonds. The molecule has 2 aromatic rings. The minimum Gasteiger partial charge on any atom is -0.383 e. The molecule has 1 aromatic carbocycles. The highest BCUT2D eigenvalue weighted by Crippen LogP contribution is 2.02. The third-order valence-corrected chi connectivity index (χ3v) is 2.87. The van der Waals surface area contributed by atoms with Gasteiger partial charge in [-0.15, -0.1) is 0 Å². The van der Waals surface area contributed by atoms with Crippen molar-refractivity contribution in [1.82, 2.24) is 9.55 Å². The summed E-state index contributed by atoms with van der Waals surface area (Å²) in [5.41, 5.74) is 0.281. The minimum atomic E-state index is -0.440. The van der Waals surface area contributed by atoms with Gasteiger partial charge in [0.05, 0.1) is 13.2 Å². The van der Waals surface area contributed by atoms with E-state index in [1.165, 1.54) is 13.2 Å². The van der Waals surface area contributed by atoms with Crippen LogP contribution in [-0.2, 0) is 17.8 Å². The van der Waals surface area contributed by atoms with Crippen molar-refractivity contribution in [1.29, 1.82) is 0 Å². The summed E-state index contributed by atoms with van der Waals surface area (Å²) in [4.78, 5) is 26.3. The zero-order valence-corrected chi connectivity index (χ0v) is 11.3. The Labute approximate surface area is 116 Å². The largest absolute Gasteiger partial charge is 0.383 e. The number of nitrogens with zero attached hydrogens (tertiary/aromatic N) is 1. The molecule has 0 saturated carbocycles. The topological polar surface area (TPSA) is 76.1 Å². The molecular weight excluding hydrogens is 258 g/mol. The lowest BCUT2D eigenvalue weighted by molar-refractivity contribution is 0.185. The summed E-state index contributed by atoms with van der Waals surface area (Å²) in [6, 6.07) is 11.1. The molecule has 1 aromatic heterocycles. The SMILES string of the molecule is COCCn1c(=O)cc(NCc2ccccc2)[nH]c1=O. The fourth-order valence-electron chi connectivity index (χ4n) is 1.80. The van der Waals surface area contributed by atoms with Gasteiger partial charge < -0.3 is 10.1 Å². The maximum absolute atomic E-state index is 11.8. The zero-order chi connectivity index (χ0) is 14.4. The molecule has 106 valence electrons. The normalized spacial score (nSPS) is 10.4. The smallest absolute Gasteiger partial charge is 0.329 e. The number of H-pyrrole nitrogens is 1. The number of anilines is 1. The lowest BCUT2D eigenvalue weighted by Gasteiger charge is -2.08. The average molecular weight is 275 g/mol. The summed E-state index contributed by atoms with van der Waals surface area (Å²) in [7, 11) is 1.52. The molecule has 0 bridgehead atoms. The molecule has 0 aliphatic carbocycles. The molecule has 0 saturated heterocycles. The number of aromatic amines is 1. The van der Waals surface area contributed by atoms with Crippen LogP contribution >= 0.6 is 0 Å². The maximum Gasteiger partial charge on any atom is 0.329 e. The van der Waals surface area contributed by atoms with Crippen molar-refractivity contribution in [3.63, 3.8) is 0 Å². The Morgan fingerprint density at radius 2 is 2.00 bits per heavy atom. The molecule has 0 unspecified atom stereocenters. The quantitative estimate of drug-likeness (QED) is 0.817. The first-order valence-electron chi connectivity index (χ1n) is 6.31. The Balaban J connectivity index is 2.10. The van der Waals surface area contributed by atoms with Crippen LogP contribution in [0.4, 0.5) is 5.82 Å². The average Bonchev–Trinajstić information content (AvgIpc) is 2.45. The van der Waals surface area contributed by atoms with Crippen molar-refractivity contribution in [3.05, 3.63) is 62.8 Å². The number of nitrogens with one attached hydrogen (secondary N) is 2. The van der Waals surface area contributed by atoms with E-state index in [0.717, 1.165) is 10.1 Å². The van der Waals surface area contributed by atoms with Gasteiger partial charge in [0.1, 0.15) is 5.82 Å². The first kappa shape index (κ1) is 14.1. The molecule has 1 heterocycles. The Morgan fingerprint density at radius 3 is 2.65 bits per heavy atom. The van der Waals surface area contributed by atoms with Crippen LogP contribution in [0.3, 0.4) is 0 Å². The van der Waals surface area contributed by atoms with Crippen LogP contribution < -0.4 is 16.6 Å². The summed E-state index contributed by atoms with van der Waals surface area (Å²) in [5.74, 6) is 0.414. The second-order valence-electron chi connectivity index (χ2n) is 4.31. The Hall–Kier alpha value is -2.34. The maximum atomic E-state index is 11.8. The molecule has 6 nitrogen and oxygen atoms in total. The van der Waals surface area contributed by atoms with Gasteiger partial charge in [0, 0.05) is 19.7 Å².